The molecule has 22 heavy (non-hydrogen) atoms. The first-order chi connectivity index (χ1) is 10.7. The molecule has 0 saturated carbocycles. The van der Waals surface area contributed by atoms with Crippen LogP contribution in [0.25, 0.3) is 5.57 Å². The van der Waals surface area contributed by atoms with Crippen molar-refractivity contribution in [3.63, 3.8) is 0 Å². The van der Waals surface area contributed by atoms with Gasteiger partial charge in [0.05, 0.1) is 12.0 Å². The van der Waals surface area contributed by atoms with Crippen LogP contribution in [-0.2, 0) is 4.79 Å². The van der Waals surface area contributed by atoms with E-state index in [1.54, 1.807) is 7.11 Å². The molecule has 0 radical (unpaired) electrons. The van der Waals surface area contributed by atoms with E-state index >= 15 is 0 Å². The summed E-state index contributed by atoms with van der Waals surface area (Å²) >= 11 is 6.41. The standard InChI is InChI=1S/C17H13NO2S2/c1-20-13-9-7-12(8-10-13)14(11-5-3-2-4-6-11)15-16(19)18-17(21)22-15/h2-10H,1H3,(H,18,19,21). The monoisotopic (exact) mass is 327 g/mol. The lowest BCUT2D eigenvalue weighted by atomic mass is 9.97. The van der Waals surface area contributed by atoms with E-state index in [4.69, 9.17) is 17.0 Å². The van der Waals surface area contributed by atoms with E-state index in [2.05, 4.69) is 5.32 Å². The van der Waals surface area contributed by atoms with Crippen LogP contribution in [0.15, 0.2) is 59.5 Å². The van der Waals surface area contributed by atoms with Gasteiger partial charge in [-0.15, -0.1) is 0 Å². The fourth-order valence-electron chi connectivity index (χ4n) is 2.27. The lowest BCUT2D eigenvalue weighted by Gasteiger charge is -2.11. The Morgan fingerprint density at radius 3 is 2.23 bits per heavy atom. The number of benzene rings is 2. The molecule has 0 unspecified atom stereocenters. The van der Waals surface area contributed by atoms with E-state index in [-0.39, 0.29) is 5.91 Å². The van der Waals surface area contributed by atoms with Gasteiger partial charge in [-0.2, -0.15) is 0 Å². The highest BCUT2D eigenvalue weighted by atomic mass is 32.2. The van der Waals surface area contributed by atoms with E-state index in [1.807, 2.05) is 54.6 Å². The lowest BCUT2D eigenvalue weighted by Crippen LogP contribution is -2.18. The molecule has 110 valence electrons. The number of thioether (sulfide) groups is 1. The molecule has 0 bridgehead atoms. The highest BCUT2D eigenvalue weighted by Crippen LogP contribution is 2.36. The smallest absolute Gasteiger partial charge is 0.264 e. The summed E-state index contributed by atoms with van der Waals surface area (Å²) in [6.07, 6.45) is 0. The van der Waals surface area contributed by atoms with Gasteiger partial charge in [0, 0.05) is 5.57 Å². The summed E-state index contributed by atoms with van der Waals surface area (Å²) < 4.78 is 5.68. The molecule has 0 atom stereocenters. The van der Waals surface area contributed by atoms with Crippen molar-refractivity contribution in [3.8, 4) is 5.75 Å². The van der Waals surface area contributed by atoms with E-state index < -0.39 is 0 Å². The van der Waals surface area contributed by atoms with Gasteiger partial charge in [-0.3, -0.25) is 4.79 Å². The number of hydrogen-bond donors (Lipinski definition) is 1. The number of ether oxygens (including phenoxy) is 1. The maximum atomic E-state index is 12.2. The molecule has 1 aliphatic rings. The molecule has 1 N–H and O–H groups in total. The second-order valence-electron chi connectivity index (χ2n) is 4.64. The molecule has 0 aromatic heterocycles. The van der Waals surface area contributed by atoms with Crippen LogP contribution in [-0.4, -0.2) is 17.3 Å². The molecule has 0 spiro atoms. The number of carbonyl (C=O) groups is 1. The van der Waals surface area contributed by atoms with Crippen LogP contribution in [0.2, 0.25) is 0 Å². The summed E-state index contributed by atoms with van der Waals surface area (Å²) in [5.74, 6) is 0.630. The number of carbonyl (C=O) groups excluding carboxylic acids is 1. The Bertz CT molecular complexity index is 752. The van der Waals surface area contributed by atoms with Gasteiger partial charge in [0.25, 0.3) is 5.91 Å². The van der Waals surface area contributed by atoms with E-state index in [0.29, 0.717) is 9.23 Å². The van der Waals surface area contributed by atoms with Crippen molar-refractivity contribution < 1.29 is 9.53 Å². The fraction of sp³-hybridized carbons (Fsp3) is 0.0588. The summed E-state index contributed by atoms with van der Waals surface area (Å²) in [4.78, 5) is 12.8. The zero-order chi connectivity index (χ0) is 15.5. The highest BCUT2D eigenvalue weighted by molar-refractivity contribution is 8.26. The summed E-state index contributed by atoms with van der Waals surface area (Å²) in [5.41, 5.74) is 2.81. The zero-order valence-corrected chi connectivity index (χ0v) is 13.5. The minimum atomic E-state index is -0.148. The van der Waals surface area contributed by atoms with Gasteiger partial charge in [0.2, 0.25) is 0 Å². The molecule has 3 nitrogen and oxygen atoms in total. The molecular formula is C17H13NO2S2. The van der Waals surface area contributed by atoms with E-state index in [1.165, 1.54) is 11.8 Å². The van der Waals surface area contributed by atoms with Crippen LogP contribution in [0.5, 0.6) is 5.75 Å². The predicted molar refractivity (Wildman–Crippen MR) is 93.8 cm³/mol. The summed E-state index contributed by atoms with van der Waals surface area (Å²) in [7, 11) is 1.63. The molecule has 1 amide bonds. The van der Waals surface area contributed by atoms with Crippen molar-refractivity contribution >= 4 is 39.8 Å². The van der Waals surface area contributed by atoms with Crippen LogP contribution in [0.4, 0.5) is 0 Å². The Labute approximate surface area is 138 Å². The third-order valence-corrected chi connectivity index (χ3v) is 4.52. The molecule has 1 aliphatic heterocycles. The van der Waals surface area contributed by atoms with Crippen molar-refractivity contribution in [1.82, 2.24) is 5.32 Å². The first kappa shape index (κ1) is 14.8. The normalized spacial score (nSPS) is 16.4. The molecule has 0 aliphatic carbocycles. The van der Waals surface area contributed by atoms with Crippen molar-refractivity contribution in [2.24, 2.45) is 0 Å². The largest absolute Gasteiger partial charge is 0.497 e. The molecule has 1 heterocycles. The minimum absolute atomic E-state index is 0.148. The van der Waals surface area contributed by atoms with Gasteiger partial charge in [-0.1, -0.05) is 66.4 Å². The Morgan fingerprint density at radius 2 is 1.68 bits per heavy atom. The fourth-order valence-corrected chi connectivity index (χ4v) is 3.42. The van der Waals surface area contributed by atoms with Gasteiger partial charge >= 0.3 is 0 Å². The van der Waals surface area contributed by atoms with E-state index in [0.717, 1.165) is 22.4 Å². The third-order valence-electron chi connectivity index (χ3n) is 3.28. The molecular weight excluding hydrogens is 314 g/mol. The number of rotatable bonds is 3. The van der Waals surface area contributed by atoms with Crippen molar-refractivity contribution in [3.05, 3.63) is 70.6 Å². The topological polar surface area (TPSA) is 38.3 Å². The minimum Gasteiger partial charge on any atom is -0.497 e. The van der Waals surface area contributed by atoms with Gasteiger partial charge in [0.1, 0.15) is 10.1 Å². The highest BCUT2D eigenvalue weighted by Gasteiger charge is 2.27. The van der Waals surface area contributed by atoms with Crippen LogP contribution < -0.4 is 10.1 Å². The van der Waals surface area contributed by atoms with Crippen LogP contribution in [0.3, 0.4) is 0 Å². The summed E-state index contributed by atoms with van der Waals surface area (Å²) in [5, 5.41) is 2.68. The Kier molecular flexibility index (Phi) is 4.27. The van der Waals surface area contributed by atoms with Gasteiger partial charge in [0.15, 0.2) is 0 Å². The summed E-state index contributed by atoms with van der Waals surface area (Å²) in [6, 6.07) is 17.5. The van der Waals surface area contributed by atoms with Crippen molar-refractivity contribution in [2.75, 3.05) is 7.11 Å². The number of hydrogen-bond acceptors (Lipinski definition) is 4. The first-order valence-corrected chi connectivity index (χ1v) is 7.89. The van der Waals surface area contributed by atoms with Crippen molar-refractivity contribution in [2.45, 2.75) is 0 Å². The number of thiocarbonyl (C=S) groups is 1. The molecule has 5 heteroatoms. The number of amides is 1. The summed E-state index contributed by atoms with van der Waals surface area (Å²) in [6.45, 7) is 0. The quantitative estimate of drug-likeness (QED) is 0.690. The average Bonchev–Trinajstić information content (AvgIpc) is 2.88. The van der Waals surface area contributed by atoms with Gasteiger partial charge in [-0.05, 0) is 23.3 Å². The maximum absolute atomic E-state index is 12.2. The SMILES string of the molecule is COc1ccc(C(=C2SC(=S)NC2=O)c2ccccc2)cc1. The Morgan fingerprint density at radius 1 is 1.05 bits per heavy atom. The molecule has 2 aromatic rings. The predicted octanol–water partition coefficient (Wildman–Crippen LogP) is 3.60. The molecule has 3 rings (SSSR count). The number of nitrogens with one attached hydrogen (secondary N) is 1. The van der Waals surface area contributed by atoms with Crippen LogP contribution >= 0.6 is 24.0 Å². The van der Waals surface area contributed by atoms with Gasteiger partial charge in [-0.25, -0.2) is 0 Å². The van der Waals surface area contributed by atoms with Gasteiger partial charge < -0.3 is 10.1 Å². The maximum Gasteiger partial charge on any atom is 0.264 e. The Hall–Kier alpha value is -2.11. The van der Waals surface area contributed by atoms with Crippen LogP contribution in [0, 0.1) is 0 Å². The zero-order valence-electron chi connectivity index (χ0n) is 11.8. The Balaban J connectivity index is 2.17. The average molecular weight is 327 g/mol. The van der Waals surface area contributed by atoms with E-state index in [9.17, 15) is 4.79 Å². The molecule has 1 saturated heterocycles. The first-order valence-electron chi connectivity index (χ1n) is 6.66. The second-order valence-corrected chi connectivity index (χ2v) is 6.33. The second kappa shape index (κ2) is 6.34. The van der Waals surface area contributed by atoms with Crippen LogP contribution in [0.1, 0.15) is 11.1 Å². The van der Waals surface area contributed by atoms with Crippen molar-refractivity contribution in [1.29, 1.82) is 0 Å². The molecule has 1 fully saturated rings. The number of methoxy groups -OCH3 is 1. The third kappa shape index (κ3) is 2.91. The molecule has 2 aromatic carbocycles. The lowest BCUT2D eigenvalue weighted by molar-refractivity contribution is -0.115.